The number of sulfonamides is 1. The maximum atomic E-state index is 13.2. The number of methoxy groups -OCH3 is 1. The van der Waals surface area contributed by atoms with E-state index in [9.17, 15) is 36.6 Å². The van der Waals surface area contributed by atoms with Crippen molar-refractivity contribution in [3.05, 3.63) is 53.2 Å². The summed E-state index contributed by atoms with van der Waals surface area (Å²) >= 11 is 0. The lowest BCUT2D eigenvalue weighted by molar-refractivity contribution is -0.137. The van der Waals surface area contributed by atoms with Crippen LogP contribution in [0, 0.1) is 0 Å². The highest BCUT2D eigenvalue weighted by molar-refractivity contribution is 7.88. The molecule has 1 aliphatic heterocycles. The molecular formula is C28H36F3N3O7S. The van der Waals surface area contributed by atoms with Crippen LogP contribution in [0.4, 0.5) is 18.0 Å². The molecule has 0 radical (unpaired) electrons. The Balaban J connectivity index is 1.46. The molecule has 42 heavy (non-hydrogen) atoms. The Morgan fingerprint density at radius 1 is 1.14 bits per heavy atom. The first-order valence-electron chi connectivity index (χ1n) is 13.7. The average Bonchev–Trinajstić information content (AvgIpc) is 3.25. The van der Waals surface area contributed by atoms with E-state index in [1.165, 1.54) is 16.3 Å². The lowest BCUT2D eigenvalue weighted by Crippen LogP contribution is -2.51. The van der Waals surface area contributed by atoms with E-state index in [4.69, 9.17) is 9.47 Å². The zero-order valence-corrected chi connectivity index (χ0v) is 24.4. The molecule has 2 heterocycles. The fourth-order valence-corrected chi connectivity index (χ4v) is 7.13. The van der Waals surface area contributed by atoms with Crippen molar-refractivity contribution in [1.29, 1.82) is 0 Å². The van der Waals surface area contributed by atoms with Gasteiger partial charge in [-0.15, -0.1) is 0 Å². The number of amides is 1. The topological polar surface area (TPSA) is 130 Å². The predicted molar refractivity (Wildman–Crippen MR) is 147 cm³/mol. The van der Waals surface area contributed by atoms with Crippen molar-refractivity contribution in [2.24, 2.45) is 0 Å². The van der Waals surface area contributed by atoms with Crippen LogP contribution in [0.25, 0.3) is 0 Å². The molecule has 1 amide bonds. The van der Waals surface area contributed by atoms with Gasteiger partial charge in [-0.25, -0.2) is 18.2 Å². The van der Waals surface area contributed by atoms with E-state index >= 15 is 0 Å². The normalized spacial score (nSPS) is 25.1. The molecule has 0 spiro atoms. The van der Waals surface area contributed by atoms with Crippen LogP contribution in [0.5, 0.6) is 11.6 Å². The lowest BCUT2D eigenvalue weighted by Gasteiger charge is -2.35. The first-order chi connectivity index (χ1) is 19.7. The second-order valence-corrected chi connectivity index (χ2v) is 12.9. The second kappa shape index (κ2) is 12.6. The number of pyridine rings is 1. The van der Waals surface area contributed by atoms with Crippen molar-refractivity contribution < 1.29 is 46.1 Å². The number of alkyl halides is 3. The molecular weight excluding hydrogens is 579 g/mol. The molecule has 1 aromatic carbocycles. The van der Waals surface area contributed by atoms with Crippen molar-refractivity contribution in [2.45, 2.75) is 81.9 Å². The smallest absolute Gasteiger partial charge is 0.416 e. The summed E-state index contributed by atoms with van der Waals surface area (Å²) in [4.78, 5) is 17.4. The van der Waals surface area contributed by atoms with Gasteiger partial charge in [0.2, 0.25) is 15.9 Å². The van der Waals surface area contributed by atoms with E-state index in [-0.39, 0.29) is 30.9 Å². The standard InChI is InChI=1S/C28H36F3N3O7S/c1-17-12-24(33(42(3,38)39)15-18-4-8-21(40-2)9-5-18)25(34(17)27(36)37)16-41-22-10-6-19(7-11-22)23-13-20(28(29,30)31)14-26(35)32-23/h4-5,8-9,13-14,17,19,22,24-25H,6-7,10-12,15-16H2,1-3H3,(H,32,35)(H,36,37)/t17-,19?,22?,24+,25+/m1/s1. The summed E-state index contributed by atoms with van der Waals surface area (Å²) in [5, 5.41) is 19.7. The molecule has 2 aromatic rings. The summed E-state index contributed by atoms with van der Waals surface area (Å²) in [6.07, 6.45) is -2.75. The molecule has 1 saturated heterocycles. The zero-order valence-electron chi connectivity index (χ0n) is 23.6. The Hall–Kier alpha value is -3.10. The molecule has 2 fully saturated rings. The minimum atomic E-state index is -4.60. The second-order valence-electron chi connectivity index (χ2n) is 11.0. The molecule has 10 nitrogen and oxygen atoms in total. The van der Waals surface area contributed by atoms with E-state index in [0.717, 1.165) is 17.9 Å². The number of hydrogen-bond acceptors (Lipinski definition) is 7. The zero-order chi connectivity index (χ0) is 30.8. The lowest BCUT2D eigenvalue weighted by atomic mass is 9.84. The number of hydrogen-bond donors (Lipinski definition) is 2. The van der Waals surface area contributed by atoms with Gasteiger partial charge in [-0.2, -0.15) is 17.5 Å². The van der Waals surface area contributed by atoms with Gasteiger partial charge < -0.3 is 19.7 Å². The maximum Gasteiger partial charge on any atom is 0.416 e. The Labute approximate surface area is 243 Å². The van der Waals surface area contributed by atoms with Gasteiger partial charge in [0.15, 0.2) is 0 Å². The first kappa shape index (κ1) is 31.8. The highest BCUT2D eigenvalue weighted by Crippen LogP contribution is 2.38. The van der Waals surface area contributed by atoms with Crippen LogP contribution in [-0.4, -0.2) is 83.1 Å². The van der Waals surface area contributed by atoms with Crippen molar-refractivity contribution in [3.8, 4) is 11.6 Å². The summed E-state index contributed by atoms with van der Waals surface area (Å²) in [5.41, 5.74) is -0.0664. The van der Waals surface area contributed by atoms with E-state index in [1.807, 2.05) is 0 Å². The van der Waals surface area contributed by atoms with Crippen molar-refractivity contribution in [2.75, 3.05) is 20.0 Å². The first-order valence-corrected chi connectivity index (χ1v) is 15.5. The molecule has 1 saturated carbocycles. The number of nitrogens with zero attached hydrogens (tertiary/aromatic N) is 3. The average molecular weight is 616 g/mol. The molecule has 1 aromatic heterocycles. The highest BCUT2D eigenvalue weighted by Gasteiger charge is 2.47. The summed E-state index contributed by atoms with van der Waals surface area (Å²) in [7, 11) is -2.22. The third-order valence-corrected chi connectivity index (χ3v) is 9.38. The summed E-state index contributed by atoms with van der Waals surface area (Å²) in [6, 6.07) is 6.65. The number of rotatable bonds is 9. The van der Waals surface area contributed by atoms with Gasteiger partial charge in [0.05, 0.1) is 37.7 Å². The van der Waals surface area contributed by atoms with Gasteiger partial charge in [-0.1, -0.05) is 12.1 Å². The number of carbonyl (C=O) groups is 1. The Kier molecular flexibility index (Phi) is 9.58. The minimum Gasteiger partial charge on any atom is -0.497 e. The van der Waals surface area contributed by atoms with Crippen LogP contribution in [0.1, 0.15) is 61.8 Å². The van der Waals surface area contributed by atoms with Crippen LogP contribution in [-0.2, 0) is 27.5 Å². The van der Waals surface area contributed by atoms with Crippen LogP contribution in [0.3, 0.4) is 0 Å². The fraction of sp³-hybridized carbons (Fsp3) is 0.571. The molecule has 2 N–H and O–H groups in total. The molecule has 0 bridgehead atoms. The van der Waals surface area contributed by atoms with Gasteiger partial charge in [-0.05, 0) is 62.8 Å². The van der Waals surface area contributed by atoms with E-state index in [1.54, 1.807) is 31.2 Å². The SMILES string of the molecule is COc1ccc(CN([C@H]2C[C@@H](C)N(C(=O)O)[C@H]2COC2CCC(c3cc(C(F)(F)F)cc(O)n3)CC2)S(C)(=O)=O)cc1. The molecule has 2 aliphatic rings. The molecule has 232 valence electrons. The molecule has 1 aliphatic carbocycles. The van der Waals surface area contributed by atoms with Crippen LogP contribution >= 0.6 is 0 Å². The largest absolute Gasteiger partial charge is 0.497 e. The van der Waals surface area contributed by atoms with Gasteiger partial charge in [0.1, 0.15) is 5.75 Å². The quantitative estimate of drug-likeness (QED) is 0.411. The number of aromatic nitrogens is 1. The van der Waals surface area contributed by atoms with Gasteiger partial charge in [0.25, 0.3) is 0 Å². The van der Waals surface area contributed by atoms with Crippen LogP contribution in [0.15, 0.2) is 36.4 Å². The fourth-order valence-electron chi connectivity index (χ4n) is 6.02. The minimum absolute atomic E-state index is 0.0339. The number of benzene rings is 1. The van der Waals surface area contributed by atoms with Gasteiger partial charge >= 0.3 is 12.3 Å². The van der Waals surface area contributed by atoms with Crippen molar-refractivity contribution in [3.63, 3.8) is 0 Å². The number of carboxylic acid groups (broad SMARTS) is 1. The van der Waals surface area contributed by atoms with Crippen LogP contribution < -0.4 is 4.74 Å². The molecule has 3 atom stereocenters. The molecule has 4 rings (SSSR count). The molecule has 14 heteroatoms. The third-order valence-electron chi connectivity index (χ3n) is 8.13. The summed E-state index contributed by atoms with van der Waals surface area (Å²) < 4.78 is 78.2. The Bertz CT molecular complexity index is 1350. The maximum absolute atomic E-state index is 13.2. The Morgan fingerprint density at radius 3 is 2.33 bits per heavy atom. The van der Waals surface area contributed by atoms with E-state index in [2.05, 4.69) is 4.98 Å². The predicted octanol–water partition coefficient (Wildman–Crippen LogP) is 4.83. The third kappa shape index (κ3) is 7.45. The van der Waals surface area contributed by atoms with Gasteiger partial charge in [0, 0.05) is 36.3 Å². The summed E-state index contributed by atoms with van der Waals surface area (Å²) in [5.74, 6) is -0.352. The van der Waals surface area contributed by atoms with Crippen LogP contribution in [0.2, 0.25) is 0 Å². The number of ether oxygens (including phenoxy) is 2. The monoisotopic (exact) mass is 615 g/mol. The van der Waals surface area contributed by atoms with Crippen molar-refractivity contribution in [1.82, 2.24) is 14.2 Å². The number of halogens is 3. The van der Waals surface area contributed by atoms with E-state index in [0.29, 0.717) is 43.9 Å². The Morgan fingerprint density at radius 2 is 1.79 bits per heavy atom. The number of likely N-dealkylation sites (tertiary alicyclic amines) is 1. The van der Waals surface area contributed by atoms with Gasteiger partial charge in [-0.3, -0.25) is 4.90 Å². The summed E-state index contributed by atoms with van der Waals surface area (Å²) in [6.45, 7) is 1.75. The number of aromatic hydroxyl groups is 1. The highest BCUT2D eigenvalue weighted by atomic mass is 32.2. The van der Waals surface area contributed by atoms with E-state index < -0.39 is 51.9 Å². The van der Waals surface area contributed by atoms with Crippen molar-refractivity contribution >= 4 is 16.1 Å². The molecule has 0 unspecified atom stereocenters.